The maximum Gasteiger partial charge on any atom is 0.127 e. The van der Waals surface area contributed by atoms with Gasteiger partial charge in [0.25, 0.3) is 0 Å². The van der Waals surface area contributed by atoms with Crippen LogP contribution in [-0.4, -0.2) is 6.61 Å². The Morgan fingerprint density at radius 2 is 1.83 bits per heavy atom. The fourth-order valence-electron chi connectivity index (χ4n) is 2.66. The molecule has 3 heteroatoms. The van der Waals surface area contributed by atoms with E-state index in [-0.39, 0.29) is 0 Å². The van der Waals surface area contributed by atoms with Gasteiger partial charge in [-0.2, -0.15) is 5.26 Å². The van der Waals surface area contributed by atoms with Crippen molar-refractivity contribution in [1.82, 2.24) is 0 Å². The van der Waals surface area contributed by atoms with Crippen LogP contribution in [0.15, 0.2) is 65.1 Å². The molecule has 0 N–H and O–H groups in total. The Morgan fingerprint density at radius 1 is 1.08 bits per heavy atom. The monoisotopic (exact) mass is 377 g/mol. The third kappa shape index (κ3) is 3.34. The number of hydrogen-bond acceptors (Lipinski definition) is 2. The Kier molecular flexibility index (Phi) is 4.98. The summed E-state index contributed by atoms with van der Waals surface area (Å²) in [6.07, 6.45) is 1.91. The van der Waals surface area contributed by atoms with E-state index in [1.165, 1.54) is 0 Å². The Hall–Kier alpha value is -2.57. The summed E-state index contributed by atoms with van der Waals surface area (Å²) in [5.41, 5.74) is 2.44. The second kappa shape index (κ2) is 7.33. The molecule has 0 aliphatic heterocycles. The molecule has 3 aromatic carbocycles. The van der Waals surface area contributed by atoms with Gasteiger partial charge in [-0.15, -0.1) is 0 Å². The Balaban J connectivity index is 2.21. The van der Waals surface area contributed by atoms with Crippen LogP contribution in [0.3, 0.4) is 0 Å². The first-order chi connectivity index (χ1) is 11.7. The summed E-state index contributed by atoms with van der Waals surface area (Å²) in [5.74, 6) is 0.793. The molecule has 0 unspecified atom stereocenters. The minimum Gasteiger partial charge on any atom is -0.493 e. The van der Waals surface area contributed by atoms with E-state index in [2.05, 4.69) is 34.1 Å². The summed E-state index contributed by atoms with van der Waals surface area (Å²) < 4.78 is 6.77. The molecule has 0 saturated heterocycles. The number of allylic oxidation sites excluding steroid dienone is 1. The molecular formula is C21H16BrNO. The van der Waals surface area contributed by atoms with Crippen LogP contribution in [0.25, 0.3) is 22.4 Å². The van der Waals surface area contributed by atoms with Crippen molar-refractivity contribution in [1.29, 1.82) is 5.26 Å². The van der Waals surface area contributed by atoms with Crippen LogP contribution in [0.4, 0.5) is 0 Å². The van der Waals surface area contributed by atoms with Gasteiger partial charge >= 0.3 is 0 Å². The Bertz CT molecular complexity index is 936. The van der Waals surface area contributed by atoms with Gasteiger partial charge in [0.2, 0.25) is 0 Å². The number of rotatable bonds is 4. The first-order valence-corrected chi connectivity index (χ1v) is 8.54. The number of ether oxygens (including phenoxy) is 1. The number of benzene rings is 3. The molecule has 0 aromatic heterocycles. The van der Waals surface area contributed by atoms with E-state index < -0.39 is 0 Å². The number of hydrogen-bond donors (Lipinski definition) is 0. The maximum absolute atomic E-state index is 9.63. The molecule has 0 aliphatic carbocycles. The molecule has 0 saturated carbocycles. The van der Waals surface area contributed by atoms with Gasteiger partial charge in [-0.1, -0.05) is 58.4 Å². The van der Waals surface area contributed by atoms with E-state index in [4.69, 9.17) is 4.74 Å². The van der Waals surface area contributed by atoms with Crippen LogP contribution in [0, 0.1) is 11.3 Å². The number of nitrogens with zero attached hydrogens (tertiary/aromatic N) is 1. The lowest BCUT2D eigenvalue weighted by Gasteiger charge is -2.11. The maximum atomic E-state index is 9.63. The molecule has 0 atom stereocenters. The number of fused-ring (bicyclic) bond motifs is 1. The standard InChI is InChI=1S/C21H16BrNO/c1-2-24-21-12-9-16-5-3-4-6-19(16)20(21)13-17(14-23)15-7-10-18(22)11-8-15/h3-13H,2H2,1H3/b17-13+. The van der Waals surface area contributed by atoms with Gasteiger partial charge in [0.15, 0.2) is 0 Å². The smallest absolute Gasteiger partial charge is 0.127 e. The largest absolute Gasteiger partial charge is 0.493 e. The van der Waals surface area contributed by atoms with Gasteiger partial charge in [-0.3, -0.25) is 0 Å². The third-order valence-electron chi connectivity index (χ3n) is 3.79. The third-order valence-corrected chi connectivity index (χ3v) is 4.32. The summed E-state index contributed by atoms with van der Waals surface area (Å²) in [4.78, 5) is 0. The van der Waals surface area contributed by atoms with Gasteiger partial charge in [0, 0.05) is 10.0 Å². The molecule has 3 aromatic rings. The Morgan fingerprint density at radius 3 is 2.54 bits per heavy atom. The van der Waals surface area contributed by atoms with Crippen molar-refractivity contribution in [3.63, 3.8) is 0 Å². The highest BCUT2D eigenvalue weighted by atomic mass is 79.9. The van der Waals surface area contributed by atoms with Crippen molar-refractivity contribution in [3.8, 4) is 11.8 Å². The summed E-state index contributed by atoms with van der Waals surface area (Å²) >= 11 is 3.43. The van der Waals surface area contributed by atoms with E-state index in [0.717, 1.165) is 32.1 Å². The van der Waals surface area contributed by atoms with Crippen molar-refractivity contribution in [2.75, 3.05) is 6.61 Å². The summed E-state index contributed by atoms with van der Waals surface area (Å²) in [6.45, 7) is 2.54. The minimum atomic E-state index is 0.583. The van der Waals surface area contributed by atoms with Crippen LogP contribution in [0.2, 0.25) is 0 Å². The molecule has 0 spiro atoms. The zero-order valence-corrected chi connectivity index (χ0v) is 14.9. The summed E-state index contributed by atoms with van der Waals surface area (Å²) in [5, 5.41) is 11.8. The van der Waals surface area contributed by atoms with Gasteiger partial charge in [-0.05, 0) is 47.5 Å². The van der Waals surface area contributed by atoms with E-state index in [1.807, 2.05) is 61.5 Å². The van der Waals surface area contributed by atoms with E-state index in [0.29, 0.717) is 12.2 Å². The molecule has 2 nitrogen and oxygen atoms in total. The lowest BCUT2D eigenvalue weighted by atomic mass is 9.98. The van der Waals surface area contributed by atoms with E-state index in [9.17, 15) is 5.26 Å². The molecule has 0 amide bonds. The van der Waals surface area contributed by atoms with Crippen LogP contribution in [-0.2, 0) is 0 Å². The minimum absolute atomic E-state index is 0.583. The van der Waals surface area contributed by atoms with Crippen LogP contribution in [0.1, 0.15) is 18.1 Å². The predicted molar refractivity (Wildman–Crippen MR) is 103 cm³/mol. The number of halogens is 1. The number of nitriles is 1. The normalized spacial score (nSPS) is 11.3. The van der Waals surface area contributed by atoms with Gasteiger partial charge in [-0.25, -0.2) is 0 Å². The first-order valence-electron chi connectivity index (χ1n) is 7.75. The molecule has 118 valence electrons. The van der Waals surface area contributed by atoms with Crippen molar-refractivity contribution in [2.45, 2.75) is 6.92 Å². The lowest BCUT2D eigenvalue weighted by molar-refractivity contribution is 0.340. The second-order valence-corrected chi connectivity index (χ2v) is 6.22. The first kappa shape index (κ1) is 16.3. The van der Waals surface area contributed by atoms with Crippen molar-refractivity contribution in [3.05, 3.63) is 76.3 Å². The van der Waals surface area contributed by atoms with Crippen molar-refractivity contribution < 1.29 is 4.74 Å². The second-order valence-electron chi connectivity index (χ2n) is 5.31. The van der Waals surface area contributed by atoms with Gasteiger partial charge < -0.3 is 4.74 Å². The van der Waals surface area contributed by atoms with Crippen molar-refractivity contribution >= 4 is 38.4 Å². The molecule has 0 heterocycles. The van der Waals surface area contributed by atoms with Gasteiger partial charge in [0.05, 0.1) is 18.2 Å². The summed E-state index contributed by atoms with van der Waals surface area (Å²) in [6, 6.07) is 22.2. The van der Waals surface area contributed by atoms with Crippen LogP contribution >= 0.6 is 15.9 Å². The fourth-order valence-corrected chi connectivity index (χ4v) is 2.92. The highest BCUT2D eigenvalue weighted by Crippen LogP contribution is 2.32. The highest BCUT2D eigenvalue weighted by Gasteiger charge is 2.09. The zero-order valence-electron chi connectivity index (χ0n) is 13.3. The predicted octanol–water partition coefficient (Wildman–Crippen LogP) is 6.07. The highest BCUT2D eigenvalue weighted by molar-refractivity contribution is 9.10. The van der Waals surface area contributed by atoms with E-state index in [1.54, 1.807) is 0 Å². The van der Waals surface area contributed by atoms with Crippen LogP contribution in [0.5, 0.6) is 5.75 Å². The molecule has 0 fully saturated rings. The molecule has 0 bridgehead atoms. The molecule has 0 aliphatic rings. The lowest BCUT2D eigenvalue weighted by Crippen LogP contribution is -1.95. The molecule has 3 rings (SSSR count). The topological polar surface area (TPSA) is 33.0 Å². The van der Waals surface area contributed by atoms with Crippen molar-refractivity contribution in [2.24, 2.45) is 0 Å². The molecule has 0 radical (unpaired) electrons. The average molecular weight is 378 g/mol. The zero-order chi connectivity index (χ0) is 16.9. The van der Waals surface area contributed by atoms with Crippen LogP contribution < -0.4 is 4.74 Å². The van der Waals surface area contributed by atoms with Gasteiger partial charge in [0.1, 0.15) is 5.75 Å². The molecule has 24 heavy (non-hydrogen) atoms. The Labute approximate surface area is 150 Å². The quantitative estimate of drug-likeness (QED) is 0.408. The average Bonchev–Trinajstić information content (AvgIpc) is 2.62. The van der Waals surface area contributed by atoms with E-state index >= 15 is 0 Å². The fraction of sp³-hybridized carbons (Fsp3) is 0.0952. The SMILES string of the molecule is CCOc1ccc2ccccc2c1/C=C(\C#N)c1ccc(Br)cc1. The summed E-state index contributed by atoms with van der Waals surface area (Å²) in [7, 11) is 0. The molecular weight excluding hydrogens is 362 g/mol.